The van der Waals surface area contributed by atoms with Gasteiger partial charge in [-0.15, -0.1) is 0 Å². The third kappa shape index (κ3) is 3.67. The fourth-order valence-corrected chi connectivity index (χ4v) is 2.42. The van der Waals surface area contributed by atoms with Crippen LogP contribution in [0.25, 0.3) is 0 Å². The molecule has 1 aliphatic rings. The Morgan fingerprint density at radius 1 is 1.58 bits per heavy atom. The lowest BCUT2D eigenvalue weighted by Crippen LogP contribution is -2.46. The summed E-state index contributed by atoms with van der Waals surface area (Å²) in [5, 5.41) is 3.56. The quantitative estimate of drug-likeness (QED) is 0.835. The van der Waals surface area contributed by atoms with Crippen LogP contribution >= 0.6 is 0 Å². The average Bonchev–Trinajstić information content (AvgIpc) is 2.45. The van der Waals surface area contributed by atoms with Gasteiger partial charge in [-0.2, -0.15) is 0 Å². The van der Waals surface area contributed by atoms with Crippen LogP contribution in [0.3, 0.4) is 0 Å². The number of hydrogen-bond donors (Lipinski definition) is 2. The number of anilines is 1. The van der Waals surface area contributed by atoms with E-state index in [0.29, 0.717) is 11.6 Å². The maximum atomic E-state index is 11.0. The predicted molar refractivity (Wildman–Crippen MR) is 76.3 cm³/mol. The third-order valence-corrected chi connectivity index (χ3v) is 3.46. The first-order chi connectivity index (χ1) is 9.20. The highest BCUT2D eigenvalue weighted by Gasteiger charge is 2.20. The molecule has 1 aromatic rings. The Balaban J connectivity index is 1.98. The molecule has 2 heterocycles. The van der Waals surface area contributed by atoms with Gasteiger partial charge in [-0.25, -0.2) is 4.98 Å². The molecule has 5 nitrogen and oxygen atoms in total. The van der Waals surface area contributed by atoms with Crippen molar-refractivity contribution in [3.63, 3.8) is 0 Å². The number of aromatic nitrogens is 1. The second-order valence-corrected chi connectivity index (χ2v) is 5.01. The molecule has 0 radical (unpaired) electrons. The second kappa shape index (κ2) is 6.52. The number of hydrogen-bond acceptors (Lipinski definition) is 4. The molecular weight excluding hydrogens is 240 g/mol. The summed E-state index contributed by atoms with van der Waals surface area (Å²) >= 11 is 0. The molecule has 5 heteroatoms. The SMILES string of the molecule is CCCNC1CCCN(c2ccc(C(N)=O)cn2)C1. The number of rotatable bonds is 5. The van der Waals surface area contributed by atoms with Gasteiger partial charge >= 0.3 is 0 Å². The normalized spacial score (nSPS) is 19.4. The molecule has 1 unspecified atom stereocenters. The van der Waals surface area contributed by atoms with E-state index in [0.717, 1.165) is 31.9 Å². The Kier molecular flexibility index (Phi) is 4.74. The Bertz CT molecular complexity index is 418. The summed E-state index contributed by atoms with van der Waals surface area (Å²) in [6, 6.07) is 4.15. The molecule has 3 N–H and O–H groups in total. The first kappa shape index (κ1) is 13.8. The molecule has 1 saturated heterocycles. The summed E-state index contributed by atoms with van der Waals surface area (Å²) in [4.78, 5) is 17.6. The minimum atomic E-state index is -0.430. The van der Waals surface area contributed by atoms with E-state index in [2.05, 4.69) is 22.1 Å². The van der Waals surface area contributed by atoms with Crippen LogP contribution in [0.15, 0.2) is 18.3 Å². The predicted octanol–water partition coefficient (Wildman–Crippen LogP) is 1.15. The summed E-state index contributed by atoms with van der Waals surface area (Å²) in [7, 11) is 0. The second-order valence-electron chi connectivity index (χ2n) is 5.01. The summed E-state index contributed by atoms with van der Waals surface area (Å²) in [6.07, 6.45) is 5.10. The van der Waals surface area contributed by atoms with Crippen LogP contribution < -0.4 is 16.0 Å². The lowest BCUT2D eigenvalue weighted by molar-refractivity contribution is 0.1000. The largest absolute Gasteiger partial charge is 0.366 e. The summed E-state index contributed by atoms with van der Waals surface area (Å²) < 4.78 is 0. The van der Waals surface area contributed by atoms with Crippen LogP contribution in [0.4, 0.5) is 5.82 Å². The van der Waals surface area contributed by atoms with Gasteiger partial charge in [0.15, 0.2) is 0 Å². The topological polar surface area (TPSA) is 71.2 Å². The van der Waals surface area contributed by atoms with Crippen LogP contribution in [0.5, 0.6) is 0 Å². The van der Waals surface area contributed by atoms with E-state index < -0.39 is 5.91 Å². The fourth-order valence-electron chi connectivity index (χ4n) is 2.42. The zero-order chi connectivity index (χ0) is 13.7. The highest BCUT2D eigenvalue weighted by molar-refractivity contribution is 5.92. The average molecular weight is 262 g/mol. The maximum Gasteiger partial charge on any atom is 0.250 e. The highest BCUT2D eigenvalue weighted by atomic mass is 16.1. The van der Waals surface area contributed by atoms with Crippen molar-refractivity contribution in [2.24, 2.45) is 5.73 Å². The van der Waals surface area contributed by atoms with Crippen molar-refractivity contribution < 1.29 is 4.79 Å². The number of nitrogens with zero attached hydrogens (tertiary/aromatic N) is 2. The number of primary amides is 1. The van der Waals surface area contributed by atoms with E-state index in [1.54, 1.807) is 12.3 Å². The van der Waals surface area contributed by atoms with Crippen molar-refractivity contribution in [2.75, 3.05) is 24.5 Å². The van der Waals surface area contributed by atoms with Crippen molar-refractivity contribution in [1.29, 1.82) is 0 Å². The van der Waals surface area contributed by atoms with Crippen molar-refractivity contribution in [3.05, 3.63) is 23.9 Å². The molecule has 1 aliphatic heterocycles. The molecule has 0 aromatic carbocycles. The van der Waals surface area contributed by atoms with Gasteiger partial charge in [0.2, 0.25) is 5.91 Å². The van der Waals surface area contributed by atoms with Crippen LogP contribution in [-0.4, -0.2) is 36.6 Å². The minimum Gasteiger partial charge on any atom is -0.366 e. The first-order valence-electron chi connectivity index (χ1n) is 6.95. The molecule has 1 atom stereocenters. The van der Waals surface area contributed by atoms with Crippen LogP contribution in [0, 0.1) is 0 Å². The molecule has 2 rings (SSSR count). The number of nitrogens with two attached hydrogens (primary N) is 1. The van der Waals surface area contributed by atoms with Gasteiger partial charge < -0.3 is 16.0 Å². The summed E-state index contributed by atoms with van der Waals surface area (Å²) in [6.45, 7) is 5.24. The number of amides is 1. The molecular formula is C14H22N4O. The van der Waals surface area contributed by atoms with Crippen LogP contribution in [0.1, 0.15) is 36.5 Å². The zero-order valence-electron chi connectivity index (χ0n) is 11.4. The Hall–Kier alpha value is -1.62. The zero-order valence-corrected chi connectivity index (χ0v) is 11.4. The number of carbonyl (C=O) groups excluding carboxylic acids is 1. The number of nitrogens with one attached hydrogen (secondary N) is 1. The van der Waals surface area contributed by atoms with Crippen molar-refractivity contribution in [3.8, 4) is 0 Å². The van der Waals surface area contributed by atoms with E-state index in [1.165, 1.54) is 12.8 Å². The van der Waals surface area contributed by atoms with Crippen molar-refractivity contribution in [1.82, 2.24) is 10.3 Å². The Labute approximate surface area is 114 Å². The summed E-state index contributed by atoms with van der Waals surface area (Å²) in [5.74, 6) is 0.494. The molecule has 104 valence electrons. The highest BCUT2D eigenvalue weighted by Crippen LogP contribution is 2.18. The van der Waals surface area contributed by atoms with Gasteiger partial charge in [0, 0.05) is 25.3 Å². The molecule has 0 saturated carbocycles. The molecule has 1 aromatic heterocycles. The molecule has 0 bridgehead atoms. The van der Waals surface area contributed by atoms with E-state index in [-0.39, 0.29) is 0 Å². The van der Waals surface area contributed by atoms with Crippen molar-refractivity contribution in [2.45, 2.75) is 32.2 Å². The molecule has 0 aliphatic carbocycles. The first-order valence-corrected chi connectivity index (χ1v) is 6.95. The van der Waals surface area contributed by atoms with Gasteiger partial charge in [0.1, 0.15) is 5.82 Å². The minimum absolute atomic E-state index is 0.430. The number of pyridine rings is 1. The molecule has 1 fully saturated rings. The standard InChI is InChI=1S/C14H22N4O/c1-2-7-16-12-4-3-8-18(10-12)13-6-5-11(9-17-13)14(15)19/h5-6,9,12,16H,2-4,7-8,10H2,1H3,(H2,15,19). The van der Waals surface area contributed by atoms with Gasteiger partial charge in [-0.3, -0.25) is 4.79 Å². The Morgan fingerprint density at radius 3 is 3.05 bits per heavy atom. The fraction of sp³-hybridized carbons (Fsp3) is 0.571. The van der Waals surface area contributed by atoms with E-state index in [1.807, 2.05) is 6.07 Å². The smallest absolute Gasteiger partial charge is 0.250 e. The Morgan fingerprint density at radius 2 is 2.42 bits per heavy atom. The monoisotopic (exact) mass is 262 g/mol. The number of carbonyl (C=O) groups is 1. The third-order valence-electron chi connectivity index (χ3n) is 3.46. The van der Waals surface area contributed by atoms with Crippen molar-refractivity contribution >= 4 is 11.7 Å². The summed E-state index contributed by atoms with van der Waals surface area (Å²) in [5.41, 5.74) is 5.68. The van der Waals surface area contributed by atoms with Crippen LogP contribution in [-0.2, 0) is 0 Å². The van der Waals surface area contributed by atoms with E-state index >= 15 is 0 Å². The van der Waals surface area contributed by atoms with Gasteiger partial charge in [-0.1, -0.05) is 6.92 Å². The molecule has 19 heavy (non-hydrogen) atoms. The van der Waals surface area contributed by atoms with E-state index in [9.17, 15) is 4.79 Å². The molecule has 1 amide bonds. The lowest BCUT2D eigenvalue weighted by Gasteiger charge is -2.34. The van der Waals surface area contributed by atoms with Gasteiger partial charge in [0.25, 0.3) is 0 Å². The number of piperidine rings is 1. The van der Waals surface area contributed by atoms with Gasteiger partial charge in [0.05, 0.1) is 5.56 Å². The van der Waals surface area contributed by atoms with Gasteiger partial charge in [-0.05, 0) is 37.9 Å². The molecule has 0 spiro atoms. The van der Waals surface area contributed by atoms with Crippen LogP contribution in [0.2, 0.25) is 0 Å². The van der Waals surface area contributed by atoms with E-state index in [4.69, 9.17) is 5.73 Å². The lowest BCUT2D eigenvalue weighted by atomic mass is 10.1. The maximum absolute atomic E-state index is 11.0.